The maximum atomic E-state index is 12.1. The molecule has 0 saturated carbocycles. The van der Waals surface area contributed by atoms with Crippen LogP contribution in [0.25, 0.3) is 0 Å². The molecule has 66 valence electrons. The summed E-state index contributed by atoms with van der Waals surface area (Å²) in [6, 6.07) is 1.96. The number of nitrogens with two attached hydrogens (primary N) is 1. The Labute approximate surface area is 72.6 Å². The molecule has 0 atom stereocenters. The Balaban J connectivity index is 3.23. The number of hydrogen-bond acceptors (Lipinski definition) is 2. The van der Waals surface area contributed by atoms with Gasteiger partial charge in [0, 0.05) is 5.56 Å². The lowest BCUT2D eigenvalue weighted by Gasteiger charge is -2.05. The molecule has 5 heteroatoms. The molecule has 1 rings (SSSR count). The van der Waals surface area contributed by atoms with Gasteiger partial charge < -0.3 is 10.8 Å². The van der Waals surface area contributed by atoms with Crippen molar-refractivity contribution in [3.63, 3.8) is 0 Å². The molecule has 0 aliphatic heterocycles. The molecule has 0 bridgehead atoms. The van der Waals surface area contributed by atoms with Crippen molar-refractivity contribution in [3.05, 3.63) is 22.7 Å². The predicted molar refractivity (Wildman–Crippen MR) is 42.5 cm³/mol. The maximum absolute atomic E-state index is 12.1. The van der Waals surface area contributed by atoms with E-state index >= 15 is 0 Å². The van der Waals surface area contributed by atoms with Crippen molar-refractivity contribution in [2.45, 2.75) is 6.43 Å². The Bertz CT molecular complexity index is 304. The molecule has 1 aromatic carbocycles. The van der Waals surface area contributed by atoms with Gasteiger partial charge in [-0.2, -0.15) is 0 Å². The van der Waals surface area contributed by atoms with Gasteiger partial charge in [-0.3, -0.25) is 0 Å². The molecule has 3 N–H and O–H groups in total. The van der Waals surface area contributed by atoms with E-state index in [0.29, 0.717) is 0 Å². The fraction of sp³-hybridized carbons (Fsp3) is 0.143. The molecule has 0 aliphatic carbocycles. The Hall–Kier alpha value is -1.03. The Morgan fingerprint density at radius 1 is 1.42 bits per heavy atom. The topological polar surface area (TPSA) is 46.2 Å². The number of hydrogen-bond donors (Lipinski definition) is 2. The van der Waals surface area contributed by atoms with Crippen LogP contribution in [0.4, 0.5) is 14.5 Å². The maximum Gasteiger partial charge on any atom is 0.265 e. The SMILES string of the molecule is Nc1cc(Cl)c(C(F)F)cc1O. The van der Waals surface area contributed by atoms with Crippen LogP contribution in [0.15, 0.2) is 12.1 Å². The molecule has 0 spiro atoms. The van der Waals surface area contributed by atoms with E-state index in [-0.39, 0.29) is 16.5 Å². The van der Waals surface area contributed by atoms with Gasteiger partial charge >= 0.3 is 0 Å². The summed E-state index contributed by atoms with van der Waals surface area (Å²) in [5, 5.41) is 8.82. The standard InChI is InChI=1S/C7H6ClF2NO/c8-4-2-5(11)6(12)1-3(4)7(9)10/h1-2,7,12H,11H2. The van der Waals surface area contributed by atoms with E-state index in [9.17, 15) is 8.78 Å². The van der Waals surface area contributed by atoms with Crippen LogP contribution in [-0.2, 0) is 0 Å². The summed E-state index contributed by atoms with van der Waals surface area (Å²) in [5.74, 6) is -0.380. The summed E-state index contributed by atoms with van der Waals surface area (Å²) in [7, 11) is 0. The number of phenols is 1. The van der Waals surface area contributed by atoms with Crippen molar-refractivity contribution in [3.8, 4) is 5.75 Å². The van der Waals surface area contributed by atoms with E-state index in [2.05, 4.69) is 0 Å². The summed E-state index contributed by atoms with van der Waals surface area (Å²) in [6.45, 7) is 0. The molecule has 1 aromatic rings. The minimum atomic E-state index is -2.70. The van der Waals surface area contributed by atoms with E-state index in [1.807, 2.05) is 0 Å². The van der Waals surface area contributed by atoms with Gasteiger partial charge in [-0.1, -0.05) is 11.6 Å². The Morgan fingerprint density at radius 2 is 2.00 bits per heavy atom. The molecule has 0 saturated heterocycles. The van der Waals surface area contributed by atoms with Gasteiger partial charge in [0.2, 0.25) is 0 Å². The highest BCUT2D eigenvalue weighted by molar-refractivity contribution is 6.31. The lowest BCUT2D eigenvalue weighted by molar-refractivity contribution is 0.151. The van der Waals surface area contributed by atoms with Crippen molar-refractivity contribution < 1.29 is 13.9 Å². The molecular formula is C7H6ClF2NO. The van der Waals surface area contributed by atoms with Crippen molar-refractivity contribution in [1.82, 2.24) is 0 Å². The van der Waals surface area contributed by atoms with Crippen LogP contribution >= 0.6 is 11.6 Å². The van der Waals surface area contributed by atoms with Gasteiger partial charge in [-0.05, 0) is 12.1 Å². The third kappa shape index (κ3) is 1.58. The van der Waals surface area contributed by atoms with E-state index in [1.54, 1.807) is 0 Å². The van der Waals surface area contributed by atoms with Crippen LogP contribution in [0.5, 0.6) is 5.75 Å². The molecule has 0 aromatic heterocycles. The highest BCUT2D eigenvalue weighted by Crippen LogP contribution is 2.33. The number of aromatic hydroxyl groups is 1. The van der Waals surface area contributed by atoms with Gasteiger partial charge in [-0.15, -0.1) is 0 Å². The average molecular weight is 194 g/mol. The van der Waals surface area contributed by atoms with E-state index in [0.717, 1.165) is 12.1 Å². The minimum Gasteiger partial charge on any atom is -0.506 e. The molecule has 0 aliphatic rings. The first-order chi connectivity index (χ1) is 5.52. The van der Waals surface area contributed by atoms with Gasteiger partial charge in [-0.25, -0.2) is 8.78 Å². The summed E-state index contributed by atoms with van der Waals surface area (Å²) < 4.78 is 24.2. The zero-order valence-electron chi connectivity index (χ0n) is 5.89. The number of rotatable bonds is 1. The van der Waals surface area contributed by atoms with Gasteiger partial charge in [0.15, 0.2) is 0 Å². The van der Waals surface area contributed by atoms with Crippen LogP contribution in [0.3, 0.4) is 0 Å². The van der Waals surface area contributed by atoms with Gasteiger partial charge in [0.25, 0.3) is 6.43 Å². The fourth-order valence-corrected chi connectivity index (χ4v) is 1.02. The Morgan fingerprint density at radius 3 is 2.50 bits per heavy atom. The fourth-order valence-electron chi connectivity index (χ4n) is 0.761. The van der Waals surface area contributed by atoms with Crippen LogP contribution in [0.2, 0.25) is 5.02 Å². The largest absolute Gasteiger partial charge is 0.506 e. The summed E-state index contributed by atoms with van der Waals surface area (Å²) >= 11 is 5.43. The first kappa shape index (κ1) is 9.06. The normalized spacial score (nSPS) is 10.7. The molecule has 0 unspecified atom stereocenters. The Kier molecular flexibility index (Phi) is 2.38. The average Bonchev–Trinajstić information content (AvgIpc) is 1.96. The molecule has 2 nitrogen and oxygen atoms in total. The smallest absolute Gasteiger partial charge is 0.265 e. The second-order valence-corrected chi connectivity index (χ2v) is 2.64. The van der Waals surface area contributed by atoms with Crippen LogP contribution in [-0.4, -0.2) is 5.11 Å². The second-order valence-electron chi connectivity index (χ2n) is 2.23. The molecule has 0 heterocycles. The van der Waals surface area contributed by atoms with Gasteiger partial charge in [0.05, 0.1) is 10.7 Å². The van der Waals surface area contributed by atoms with Crippen molar-refractivity contribution >= 4 is 17.3 Å². The van der Waals surface area contributed by atoms with Crippen molar-refractivity contribution in [1.29, 1.82) is 0 Å². The third-order valence-corrected chi connectivity index (χ3v) is 1.71. The number of nitrogen functional groups attached to an aromatic ring is 1. The summed E-state index contributed by atoms with van der Waals surface area (Å²) in [5.41, 5.74) is 4.79. The first-order valence-electron chi connectivity index (χ1n) is 3.08. The number of benzene rings is 1. The van der Waals surface area contributed by atoms with Crippen LogP contribution < -0.4 is 5.73 Å². The molecular weight excluding hydrogens is 188 g/mol. The monoisotopic (exact) mass is 193 g/mol. The lowest BCUT2D eigenvalue weighted by atomic mass is 10.2. The summed E-state index contributed by atoms with van der Waals surface area (Å²) in [4.78, 5) is 0. The number of halogens is 3. The van der Waals surface area contributed by atoms with Crippen LogP contribution in [0, 0.1) is 0 Å². The first-order valence-corrected chi connectivity index (χ1v) is 3.46. The highest BCUT2D eigenvalue weighted by Gasteiger charge is 2.14. The zero-order valence-corrected chi connectivity index (χ0v) is 6.65. The lowest BCUT2D eigenvalue weighted by Crippen LogP contribution is -1.90. The summed E-state index contributed by atoms with van der Waals surface area (Å²) in [6.07, 6.45) is -2.70. The number of anilines is 1. The van der Waals surface area contributed by atoms with Gasteiger partial charge in [0.1, 0.15) is 5.75 Å². The quantitative estimate of drug-likeness (QED) is 0.532. The van der Waals surface area contributed by atoms with E-state index in [1.165, 1.54) is 0 Å². The minimum absolute atomic E-state index is 0.00981. The zero-order chi connectivity index (χ0) is 9.30. The van der Waals surface area contributed by atoms with E-state index < -0.39 is 12.0 Å². The molecule has 12 heavy (non-hydrogen) atoms. The van der Waals surface area contributed by atoms with Crippen LogP contribution in [0.1, 0.15) is 12.0 Å². The molecule has 0 fully saturated rings. The number of phenolic OH excluding ortho intramolecular Hbond substituents is 1. The number of alkyl halides is 2. The highest BCUT2D eigenvalue weighted by atomic mass is 35.5. The second kappa shape index (κ2) is 3.15. The predicted octanol–water partition coefficient (Wildman–Crippen LogP) is 2.57. The van der Waals surface area contributed by atoms with Crippen molar-refractivity contribution in [2.75, 3.05) is 5.73 Å². The molecule has 0 amide bonds. The third-order valence-electron chi connectivity index (χ3n) is 1.38. The molecule has 0 radical (unpaired) electrons. The van der Waals surface area contributed by atoms with E-state index in [4.69, 9.17) is 22.4 Å². The van der Waals surface area contributed by atoms with Crippen molar-refractivity contribution in [2.24, 2.45) is 0 Å².